The summed E-state index contributed by atoms with van der Waals surface area (Å²) in [6.45, 7) is 6.40. The molecule has 0 aromatic heterocycles. The molecular formula is C75H126O6. The van der Waals surface area contributed by atoms with E-state index in [2.05, 4.69) is 142 Å². The van der Waals surface area contributed by atoms with Gasteiger partial charge in [-0.15, -0.1) is 0 Å². The molecule has 6 heteroatoms. The van der Waals surface area contributed by atoms with Crippen molar-refractivity contribution in [3.63, 3.8) is 0 Å². The minimum absolute atomic E-state index is 0.0868. The first kappa shape index (κ1) is 76.8. The van der Waals surface area contributed by atoms with E-state index in [0.29, 0.717) is 19.3 Å². The average Bonchev–Trinajstić information content (AvgIpc) is 3.47. The van der Waals surface area contributed by atoms with Gasteiger partial charge in [-0.25, -0.2) is 0 Å². The van der Waals surface area contributed by atoms with Crippen molar-refractivity contribution in [1.82, 2.24) is 0 Å². The highest BCUT2D eigenvalue weighted by molar-refractivity contribution is 5.71. The van der Waals surface area contributed by atoms with Crippen LogP contribution in [0.4, 0.5) is 0 Å². The molecule has 0 aliphatic heterocycles. The number of carbonyl (C=O) groups is 3. The Balaban J connectivity index is 4.18. The molecule has 0 rings (SSSR count). The van der Waals surface area contributed by atoms with E-state index in [1.807, 2.05) is 0 Å². The van der Waals surface area contributed by atoms with Crippen LogP contribution in [0.15, 0.2) is 122 Å². The monoisotopic (exact) mass is 1120 g/mol. The van der Waals surface area contributed by atoms with Gasteiger partial charge in [-0.3, -0.25) is 14.4 Å². The highest BCUT2D eigenvalue weighted by atomic mass is 16.6. The van der Waals surface area contributed by atoms with Gasteiger partial charge in [0.1, 0.15) is 13.2 Å². The van der Waals surface area contributed by atoms with E-state index in [1.54, 1.807) is 0 Å². The van der Waals surface area contributed by atoms with Crippen LogP contribution in [-0.2, 0) is 28.6 Å². The maximum absolute atomic E-state index is 12.9. The van der Waals surface area contributed by atoms with Crippen LogP contribution in [0.1, 0.15) is 316 Å². The molecule has 1 atom stereocenters. The number of allylic oxidation sites excluding steroid dienone is 20. The van der Waals surface area contributed by atoms with Crippen molar-refractivity contribution in [1.29, 1.82) is 0 Å². The Labute approximate surface area is 501 Å². The quantitative estimate of drug-likeness (QED) is 0.0261. The summed E-state index contributed by atoms with van der Waals surface area (Å²) in [7, 11) is 0. The summed E-state index contributed by atoms with van der Waals surface area (Å²) in [6.07, 6.45) is 95.2. The first-order valence-corrected chi connectivity index (χ1v) is 34.0. The maximum atomic E-state index is 12.9. The van der Waals surface area contributed by atoms with Crippen molar-refractivity contribution in [3.05, 3.63) is 122 Å². The number of esters is 3. The van der Waals surface area contributed by atoms with E-state index in [9.17, 15) is 14.4 Å². The smallest absolute Gasteiger partial charge is 0.306 e. The predicted molar refractivity (Wildman–Crippen MR) is 353 cm³/mol. The van der Waals surface area contributed by atoms with Crippen molar-refractivity contribution in [2.24, 2.45) is 0 Å². The van der Waals surface area contributed by atoms with E-state index in [-0.39, 0.29) is 31.1 Å². The Kier molecular flexibility index (Phi) is 64.8. The third-order valence-corrected chi connectivity index (χ3v) is 14.5. The molecule has 0 aromatic carbocycles. The standard InChI is InChI=1S/C75H126O6/c1-4-7-10-13-16-19-21-23-25-27-29-31-33-34-35-36-37-38-39-40-42-43-45-47-49-51-53-56-59-62-65-68-74(77)80-71-72(70-79-73(76)67-64-61-58-55-18-15-12-9-6-3)81-75(78)69-66-63-60-57-54-52-50-48-46-44-41-32-30-28-26-24-22-20-17-14-11-8-5-2/h7-8,10-11,16-17,19-20,23-26,29-32,44,46,50,52,72H,4-6,9,12-15,18,21-22,27-28,33-43,45,47-49,51,53-71H2,1-3H3/b10-7-,11-8-,19-16-,20-17-,25-23-,26-24-,31-29-,32-30-,46-44-,52-50-. The molecule has 462 valence electrons. The first-order valence-electron chi connectivity index (χ1n) is 34.0. The molecule has 0 aliphatic carbocycles. The van der Waals surface area contributed by atoms with Gasteiger partial charge in [-0.05, 0) is 109 Å². The molecule has 0 amide bonds. The minimum Gasteiger partial charge on any atom is -0.462 e. The van der Waals surface area contributed by atoms with E-state index < -0.39 is 6.10 Å². The molecule has 0 saturated carbocycles. The van der Waals surface area contributed by atoms with Crippen molar-refractivity contribution in [2.45, 2.75) is 322 Å². The van der Waals surface area contributed by atoms with Gasteiger partial charge in [0.2, 0.25) is 0 Å². The van der Waals surface area contributed by atoms with Gasteiger partial charge in [0, 0.05) is 19.3 Å². The van der Waals surface area contributed by atoms with Crippen LogP contribution in [0.5, 0.6) is 0 Å². The fourth-order valence-electron chi connectivity index (χ4n) is 9.44. The van der Waals surface area contributed by atoms with Crippen LogP contribution in [0.25, 0.3) is 0 Å². The second-order valence-corrected chi connectivity index (χ2v) is 22.3. The molecule has 0 saturated heterocycles. The zero-order valence-electron chi connectivity index (χ0n) is 53.0. The molecule has 0 heterocycles. The fourth-order valence-corrected chi connectivity index (χ4v) is 9.44. The first-order chi connectivity index (χ1) is 40.0. The molecule has 0 spiro atoms. The molecule has 81 heavy (non-hydrogen) atoms. The lowest BCUT2D eigenvalue weighted by molar-refractivity contribution is -0.167. The molecule has 0 bridgehead atoms. The number of carbonyl (C=O) groups excluding carboxylic acids is 3. The highest BCUT2D eigenvalue weighted by Crippen LogP contribution is 2.17. The van der Waals surface area contributed by atoms with Gasteiger partial charge in [0.15, 0.2) is 6.10 Å². The molecule has 1 unspecified atom stereocenters. The van der Waals surface area contributed by atoms with Crippen LogP contribution < -0.4 is 0 Å². The van der Waals surface area contributed by atoms with Crippen molar-refractivity contribution in [3.8, 4) is 0 Å². The van der Waals surface area contributed by atoms with Crippen molar-refractivity contribution >= 4 is 17.9 Å². The van der Waals surface area contributed by atoms with E-state index in [1.165, 1.54) is 141 Å². The number of hydrogen-bond acceptors (Lipinski definition) is 6. The summed E-state index contributed by atoms with van der Waals surface area (Å²) in [5, 5.41) is 0. The Morgan fingerprint density at radius 1 is 0.259 bits per heavy atom. The SMILES string of the molecule is CC/C=C\C/C=C\C/C=C\C/C=C\C/C=C\C/C=C\CCCCCCC(=O)OC(COC(=O)CCCCCCCCCCC)COC(=O)CCCCCCCCCCCCCCCCCCCC/C=C\C/C=C\C/C=C\C/C=C\CC. The molecular weight excluding hydrogens is 997 g/mol. The van der Waals surface area contributed by atoms with Crippen LogP contribution >= 0.6 is 0 Å². The second kappa shape index (κ2) is 68.3. The van der Waals surface area contributed by atoms with Crippen LogP contribution in [-0.4, -0.2) is 37.2 Å². The van der Waals surface area contributed by atoms with Gasteiger partial charge in [0.25, 0.3) is 0 Å². The predicted octanol–water partition coefficient (Wildman–Crippen LogP) is 23.6. The summed E-state index contributed by atoms with van der Waals surface area (Å²) in [6, 6.07) is 0. The Bertz CT molecular complexity index is 1670. The van der Waals surface area contributed by atoms with E-state index >= 15 is 0 Å². The molecule has 0 radical (unpaired) electrons. The lowest BCUT2D eigenvalue weighted by Gasteiger charge is -2.18. The maximum Gasteiger partial charge on any atom is 0.306 e. The zero-order chi connectivity index (χ0) is 58.5. The van der Waals surface area contributed by atoms with Gasteiger partial charge in [-0.1, -0.05) is 309 Å². The average molecular weight is 1120 g/mol. The Hall–Kier alpha value is -4.19. The number of rotatable bonds is 61. The number of hydrogen-bond donors (Lipinski definition) is 0. The molecule has 6 nitrogen and oxygen atoms in total. The highest BCUT2D eigenvalue weighted by Gasteiger charge is 2.19. The van der Waals surface area contributed by atoms with E-state index in [0.717, 1.165) is 135 Å². The fraction of sp³-hybridized carbons (Fsp3) is 0.693. The Morgan fingerprint density at radius 3 is 0.753 bits per heavy atom. The van der Waals surface area contributed by atoms with Crippen molar-refractivity contribution < 1.29 is 28.6 Å². The molecule has 0 fully saturated rings. The summed E-state index contributed by atoms with van der Waals surface area (Å²) in [4.78, 5) is 38.3. The lowest BCUT2D eigenvalue weighted by atomic mass is 10.0. The van der Waals surface area contributed by atoms with Crippen LogP contribution in [0.2, 0.25) is 0 Å². The zero-order valence-corrected chi connectivity index (χ0v) is 53.0. The number of unbranched alkanes of at least 4 members (excludes halogenated alkanes) is 30. The topological polar surface area (TPSA) is 78.9 Å². The molecule has 0 aromatic rings. The normalized spacial score (nSPS) is 12.9. The van der Waals surface area contributed by atoms with Gasteiger partial charge >= 0.3 is 17.9 Å². The van der Waals surface area contributed by atoms with Crippen molar-refractivity contribution in [2.75, 3.05) is 13.2 Å². The summed E-state index contributed by atoms with van der Waals surface area (Å²) < 4.78 is 16.9. The van der Waals surface area contributed by atoms with Gasteiger partial charge in [0.05, 0.1) is 0 Å². The third-order valence-electron chi connectivity index (χ3n) is 14.5. The molecule has 0 aliphatic rings. The van der Waals surface area contributed by atoms with Crippen LogP contribution in [0, 0.1) is 0 Å². The third kappa shape index (κ3) is 66.5. The lowest BCUT2D eigenvalue weighted by Crippen LogP contribution is -2.30. The number of ether oxygens (including phenoxy) is 3. The summed E-state index contributed by atoms with van der Waals surface area (Å²) in [5.41, 5.74) is 0. The second-order valence-electron chi connectivity index (χ2n) is 22.3. The molecule has 0 N–H and O–H groups in total. The van der Waals surface area contributed by atoms with Gasteiger partial charge < -0.3 is 14.2 Å². The van der Waals surface area contributed by atoms with Gasteiger partial charge in [-0.2, -0.15) is 0 Å². The van der Waals surface area contributed by atoms with Crippen LogP contribution in [0.3, 0.4) is 0 Å². The summed E-state index contributed by atoms with van der Waals surface area (Å²) in [5.74, 6) is -0.905. The van der Waals surface area contributed by atoms with E-state index in [4.69, 9.17) is 14.2 Å². The largest absolute Gasteiger partial charge is 0.462 e. The summed E-state index contributed by atoms with van der Waals surface area (Å²) >= 11 is 0. The minimum atomic E-state index is -0.792. The Morgan fingerprint density at radius 2 is 0.481 bits per heavy atom.